The van der Waals surface area contributed by atoms with E-state index < -0.39 is 6.10 Å². The van der Waals surface area contributed by atoms with Crippen LogP contribution in [0.3, 0.4) is 0 Å². The van der Waals surface area contributed by atoms with Crippen molar-refractivity contribution < 1.29 is 14.3 Å². The molecule has 2 aromatic heterocycles. The van der Waals surface area contributed by atoms with E-state index in [1.54, 1.807) is 25.4 Å². The molecule has 1 aliphatic rings. The lowest BCUT2D eigenvalue weighted by molar-refractivity contribution is 0.0940. The van der Waals surface area contributed by atoms with Crippen molar-refractivity contribution in [1.82, 2.24) is 25.2 Å². The van der Waals surface area contributed by atoms with Crippen molar-refractivity contribution in [3.63, 3.8) is 0 Å². The van der Waals surface area contributed by atoms with Gasteiger partial charge in [-0.05, 0) is 19.4 Å². The van der Waals surface area contributed by atoms with Gasteiger partial charge in [0.2, 0.25) is 11.8 Å². The number of nitrogens with one attached hydrogen (secondary N) is 1. The van der Waals surface area contributed by atoms with E-state index in [0.717, 1.165) is 32.1 Å². The van der Waals surface area contributed by atoms with Gasteiger partial charge in [0.1, 0.15) is 6.26 Å². The summed E-state index contributed by atoms with van der Waals surface area (Å²) in [6.07, 6.45) is 4.93. The molecule has 9 heteroatoms. The largest absolute Gasteiger partial charge is 0.447 e. The molecule has 3 heterocycles. The third-order valence-corrected chi connectivity index (χ3v) is 4.20. The Labute approximate surface area is 152 Å². The Morgan fingerprint density at radius 1 is 1.31 bits per heavy atom. The van der Waals surface area contributed by atoms with Gasteiger partial charge in [-0.3, -0.25) is 9.69 Å². The molecule has 0 saturated carbocycles. The normalized spacial score (nSPS) is 16.5. The summed E-state index contributed by atoms with van der Waals surface area (Å²) in [6, 6.07) is 1.81. The van der Waals surface area contributed by atoms with Crippen LogP contribution in [0.25, 0.3) is 0 Å². The second kappa shape index (κ2) is 8.72. The molecule has 1 atom stereocenters. The maximum Gasteiger partial charge on any atom is 0.273 e. The fraction of sp³-hybridized carbons (Fsp3) is 0.529. The molecule has 0 bridgehead atoms. The van der Waals surface area contributed by atoms with E-state index in [1.807, 2.05) is 0 Å². The van der Waals surface area contributed by atoms with Gasteiger partial charge >= 0.3 is 0 Å². The van der Waals surface area contributed by atoms with Crippen LogP contribution < -0.4 is 10.2 Å². The first kappa shape index (κ1) is 18.3. The quantitative estimate of drug-likeness (QED) is 0.725. The summed E-state index contributed by atoms with van der Waals surface area (Å²) in [5.74, 6) is 0.987. The van der Waals surface area contributed by atoms with Crippen molar-refractivity contribution in [2.24, 2.45) is 0 Å². The van der Waals surface area contributed by atoms with E-state index in [9.17, 15) is 9.90 Å². The van der Waals surface area contributed by atoms with E-state index in [2.05, 4.69) is 30.1 Å². The number of carbonyl (C=O) groups excluding carboxylic acids is 1. The third-order valence-electron chi connectivity index (χ3n) is 4.20. The number of oxazole rings is 1. The smallest absolute Gasteiger partial charge is 0.273 e. The van der Waals surface area contributed by atoms with Crippen molar-refractivity contribution in [3.8, 4) is 0 Å². The Morgan fingerprint density at radius 3 is 2.73 bits per heavy atom. The number of carbonyl (C=O) groups is 1. The Bertz CT molecular complexity index is 698. The minimum Gasteiger partial charge on any atom is -0.447 e. The number of aromatic nitrogens is 3. The second-order valence-electron chi connectivity index (χ2n) is 6.33. The summed E-state index contributed by atoms with van der Waals surface area (Å²) < 4.78 is 5.43. The molecule has 0 aliphatic carbocycles. The lowest BCUT2D eigenvalue weighted by Gasteiger charge is -2.33. The molecule has 9 nitrogen and oxygen atoms in total. The van der Waals surface area contributed by atoms with Gasteiger partial charge in [0, 0.05) is 45.1 Å². The van der Waals surface area contributed by atoms with Crippen LogP contribution in [0.15, 0.2) is 29.1 Å². The van der Waals surface area contributed by atoms with Gasteiger partial charge in [0.15, 0.2) is 5.69 Å². The van der Waals surface area contributed by atoms with E-state index in [1.165, 1.54) is 6.26 Å². The fourth-order valence-electron chi connectivity index (χ4n) is 2.72. The van der Waals surface area contributed by atoms with Crippen LogP contribution in [-0.4, -0.2) is 69.7 Å². The average molecular weight is 360 g/mol. The summed E-state index contributed by atoms with van der Waals surface area (Å²) in [6.45, 7) is 6.00. The van der Waals surface area contributed by atoms with Crippen molar-refractivity contribution in [2.75, 3.05) is 37.6 Å². The minimum absolute atomic E-state index is 0.266. The molecule has 1 saturated heterocycles. The first-order valence-electron chi connectivity index (χ1n) is 8.77. The average Bonchev–Trinajstić information content (AvgIpc) is 3.11. The number of hydrogen-bond acceptors (Lipinski definition) is 8. The Kier molecular flexibility index (Phi) is 6.13. The number of hydrogen-bond donors (Lipinski definition) is 2. The number of anilines is 1. The van der Waals surface area contributed by atoms with Crippen molar-refractivity contribution >= 4 is 11.9 Å². The van der Waals surface area contributed by atoms with Gasteiger partial charge in [-0.15, -0.1) is 0 Å². The summed E-state index contributed by atoms with van der Waals surface area (Å²) in [5.41, 5.74) is 0.266. The minimum atomic E-state index is -0.442. The lowest BCUT2D eigenvalue weighted by Crippen LogP contribution is -2.46. The Hall–Kier alpha value is -2.52. The molecular formula is C17H24N6O3. The van der Waals surface area contributed by atoms with Gasteiger partial charge < -0.3 is 19.7 Å². The molecule has 2 aromatic rings. The highest BCUT2D eigenvalue weighted by Crippen LogP contribution is 2.12. The van der Waals surface area contributed by atoms with E-state index >= 15 is 0 Å². The molecular weight excluding hydrogens is 336 g/mol. The zero-order valence-corrected chi connectivity index (χ0v) is 14.8. The molecule has 1 fully saturated rings. The monoisotopic (exact) mass is 360 g/mol. The number of rotatable bonds is 7. The lowest BCUT2D eigenvalue weighted by atomic mass is 10.3. The van der Waals surface area contributed by atoms with E-state index in [0.29, 0.717) is 25.4 Å². The number of piperazine rings is 1. The van der Waals surface area contributed by atoms with Crippen LogP contribution in [0.5, 0.6) is 0 Å². The van der Waals surface area contributed by atoms with Gasteiger partial charge in [0.05, 0.1) is 12.6 Å². The SMILES string of the molecule is C[C@H](O)CCNC(=O)c1coc(CN2CCN(c3ncccn3)CC2)n1. The first-order valence-corrected chi connectivity index (χ1v) is 8.77. The van der Waals surface area contributed by atoms with Gasteiger partial charge in [-0.1, -0.05) is 0 Å². The number of aliphatic hydroxyl groups excluding tert-OH is 1. The summed E-state index contributed by atoms with van der Waals surface area (Å²) in [5, 5.41) is 11.9. The predicted octanol–water partition coefficient (Wildman–Crippen LogP) is 0.288. The summed E-state index contributed by atoms with van der Waals surface area (Å²) >= 11 is 0. The van der Waals surface area contributed by atoms with Crippen molar-refractivity contribution in [1.29, 1.82) is 0 Å². The molecule has 0 unspecified atom stereocenters. The molecule has 0 spiro atoms. The first-order chi connectivity index (χ1) is 12.6. The summed E-state index contributed by atoms with van der Waals surface area (Å²) in [7, 11) is 0. The van der Waals surface area contributed by atoms with Gasteiger partial charge in [-0.2, -0.15) is 0 Å². The highest BCUT2D eigenvalue weighted by molar-refractivity contribution is 5.91. The molecule has 1 amide bonds. The topological polar surface area (TPSA) is 108 Å². The van der Waals surface area contributed by atoms with Gasteiger partial charge in [0.25, 0.3) is 5.91 Å². The van der Waals surface area contributed by atoms with Gasteiger partial charge in [-0.25, -0.2) is 15.0 Å². The second-order valence-corrected chi connectivity index (χ2v) is 6.33. The number of aliphatic hydroxyl groups is 1. The van der Waals surface area contributed by atoms with Crippen LogP contribution in [0, 0.1) is 0 Å². The van der Waals surface area contributed by atoms with Crippen LogP contribution in [0.2, 0.25) is 0 Å². The highest BCUT2D eigenvalue weighted by Gasteiger charge is 2.21. The molecule has 3 rings (SSSR count). The van der Waals surface area contributed by atoms with Crippen LogP contribution in [-0.2, 0) is 6.54 Å². The van der Waals surface area contributed by atoms with Crippen LogP contribution >= 0.6 is 0 Å². The zero-order valence-electron chi connectivity index (χ0n) is 14.8. The Morgan fingerprint density at radius 2 is 2.04 bits per heavy atom. The standard InChI is InChI=1S/C17H24N6O3/c1-13(24)3-6-18-16(25)14-12-26-15(21-14)11-22-7-9-23(10-8-22)17-19-4-2-5-20-17/h2,4-5,12-13,24H,3,6-11H2,1H3,(H,18,25)/t13-/m0/s1. The maximum absolute atomic E-state index is 12.0. The predicted molar refractivity (Wildman–Crippen MR) is 94.7 cm³/mol. The van der Waals surface area contributed by atoms with Crippen LogP contribution in [0.4, 0.5) is 5.95 Å². The van der Waals surface area contributed by atoms with E-state index in [4.69, 9.17) is 4.42 Å². The molecule has 0 radical (unpaired) electrons. The Balaban J connectivity index is 1.45. The molecule has 140 valence electrons. The molecule has 2 N–H and O–H groups in total. The fourth-order valence-corrected chi connectivity index (χ4v) is 2.72. The highest BCUT2D eigenvalue weighted by atomic mass is 16.3. The summed E-state index contributed by atoms with van der Waals surface area (Å²) in [4.78, 5) is 29.2. The maximum atomic E-state index is 12.0. The van der Waals surface area contributed by atoms with Crippen molar-refractivity contribution in [2.45, 2.75) is 26.0 Å². The molecule has 26 heavy (non-hydrogen) atoms. The third kappa shape index (κ3) is 4.99. The zero-order chi connectivity index (χ0) is 18.4. The molecule has 1 aliphatic heterocycles. The number of amides is 1. The van der Waals surface area contributed by atoms with E-state index in [-0.39, 0.29) is 11.6 Å². The van der Waals surface area contributed by atoms with Crippen LogP contribution in [0.1, 0.15) is 29.7 Å². The van der Waals surface area contributed by atoms with Crippen molar-refractivity contribution in [3.05, 3.63) is 36.3 Å². The number of nitrogens with zero attached hydrogens (tertiary/aromatic N) is 5. The molecule has 0 aromatic carbocycles.